The predicted molar refractivity (Wildman–Crippen MR) is 104 cm³/mol. The van der Waals surface area contributed by atoms with Crippen molar-refractivity contribution in [1.29, 1.82) is 0 Å². The third-order valence-electron chi connectivity index (χ3n) is 4.28. The van der Waals surface area contributed by atoms with Crippen LogP contribution in [-0.2, 0) is 11.8 Å². The fraction of sp³-hybridized carbons (Fsp3) is 0.150. The molecule has 1 N–H and O–H groups in total. The Bertz CT molecular complexity index is 1010. The number of benzene rings is 2. The zero-order valence-electron chi connectivity index (χ0n) is 14.6. The lowest BCUT2D eigenvalue weighted by Crippen LogP contribution is -2.25. The van der Waals surface area contributed by atoms with Crippen LogP contribution in [0.2, 0.25) is 0 Å². The Morgan fingerprint density at radius 3 is 2.89 bits per heavy atom. The molecule has 0 atom stereocenters. The largest absolute Gasteiger partial charge is 0.482 e. The van der Waals surface area contributed by atoms with Crippen LogP contribution in [0.1, 0.15) is 10.4 Å². The highest BCUT2D eigenvalue weighted by atomic mass is 32.2. The van der Waals surface area contributed by atoms with E-state index in [2.05, 4.69) is 10.3 Å². The molecule has 2 heterocycles. The van der Waals surface area contributed by atoms with Crippen molar-refractivity contribution in [3.63, 3.8) is 0 Å². The van der Waals surface area contributed by atoms with E-state index in [1.807, 2.05) is 48.1 Å². The van der Waals surface area contributed by atoms with Gasteiger partial charge in [0.05, 0.1) is 23.3 Å². The topological polar surface area (TPSA) is 73.2 Å². The molecule has 1 amide bonds. The number of aromatic nitrogens is 2. The van der Waals surface area contributed by atoms with Gasteiger partial charge in [0.25, 0.3) is 5.91 Å². The molecular weight excluding hydrogens is 362 g/mol. The minimum absolute atomic E-state index is 0.000941. The minimum atomic E-state index is -0.220. The number of thioether (sulfide) groups is 1. The van der Waals surface area contributed by atoms with Crippen molar-refractivity contribution in [2.45, 2.75) is 5.16 Å². The number of hydrogen-bond acceptors (Lipinski definition) is 5. The number of Topliss-reactive ketones (excluding diaryl/α,β-unsaturated/α-hetero) is 1. The smallest absolute Gasteiger partial charge is 0.262 e. The summed E-state index contributed by atoms with van der Waals surface area (Å²) in [6.07, 6.45) is 1.81. The van der Waals surface area contributed by atoms with Crippen molar-refractivity contribution >= 4 is 29.1 Å². The zero-order valence-corrected chi connectivity index (χ0v) is 15.5. The third kappa shape index (κ3) is 3.59. The maximum Gasteiger partial charge on any atom is 0.262 e. The predicted octanol–water partition coefficient (Wildman–Crippen LogP) is 3.39. The van der Waals surface area contributed by atoms with Crippen LogP contribution < -0.4 is 10.1 Å². The molecular formula is C20H17N3O3S. The van der Waals surface area contributed by atoms with Gasteiger partial charge in [0.15, 0.2) is 17.5 Å². The molecule has 0 fully saturated rings. The molecule has 0 aliphatic carbocycles. The fourth-order valence-corrected chi connectivity index (χ4v) is 3.72. The molecule has 0 saturated carbocycles. The van der Waals surface area contributed by atoms with E-state index >= 15 is 0 Å². The standard InChI is InChI=1S/C20H17N3O3S/c1-23-16(13-5-3-2-4-6-13)10-21-20(23)27-12-17(24)14-7-8-18-15(9-14)22-19(25)11-26-18/h2-10H,11-12H2,1H3,(H,22,25). The highest BCUT2D eigenvalue weighted by molar-refractivity contribution is 7.99. The summed E-state index contributed by atoms with van der Waals surface area (Å²) in [4.78, 5) is 28.4. The van der Waals surface area contributed by atoms with Crippen LogP contribution >= 0.6 is 11.8 Å². The summed E-state index contributed by atoms with van der Waals surface area (Å²) in [6, 6.07) is 15.1. The minimum Gasteiger partial charge on any atom is -0.482 e. The van der Waals surface area contributed by atoms with Gasteiger partial charge in [0, 0.05) is 12.6 Å². The van der Waals surface area contributed by atoms with Crippen LogP contribution in [0.15, 0.2) is 59.9 Å². The number of nitrogens with one attached hydrogen (secondary N) is 1. The van der Waals surface area contributed by atoms with E-state index in [4.69, 9.17) is 4.74 Å². The average molecular weight is 379 g/mol. The molecule has 2 aromatic carbocycles. The molecule has 136 valence electrons. The molecule has 1 aromatic heterocycles. The van der Waals surface area contributed by atoms with Gasteiger partial charge in [-0.3, -0.25) is 9.59 Å². The summed E-state index contributed by atoms with van der Waals surface area (Å²) < 4.78 is 7.30. The highest BCUT2D eigenvalue weighted by Crippen LogP contribution is 2.30. The van der Waals surface area contributed by atoms with Crippen molar-refractivity contribution < 1.29 is 14.3 Å². The molecule has 3 aromatic rings. The number of ether oxygens (including phenoxy) is 1. The Balaban J connectivity index is 1.47. The molecule has 0 saturated heterocycles. The summed E-state index contributed by atoms with van der Waals surface area (Å²) in [5.74, 6) is 0.581. The van der Waals surface area contributed by atoms with Crippen LogP contribution in [0, 0.1) is 0 Å². The summed E-state index contributed by atoms with van der Waals surface area (Å²) in [6.45, 7) is -0.000941. The summed E-state index contributed by atoms with van der Waals surface area (Å²) in [5.41, 5.74) is 3.14. The molecule has 1 aliphatic rings. The molecule has 0 radical (unpaired) electrons. The van der Waals surface area contributed by atoms with Gasteiger partial charge in [-0.2, -0.15) is 0 Å². The van der Waals surface area contributed by atoms with Gasteiger partial charge in [0.2, 0.25) is 0 Å². The highest BCUT2D eigenvalue weighted by Gasteiger charge is 2.18. The number of carbonyl (C=O) groups excluding carboxylic acids is 2. The van der Waals surface area contributed by atoms with Crippen molar-refractivity contribution in [2.24, 2.45) is 7.05 Å². The van der Waals surface area contributed by atoms with Crippen molar-refractivity contribution in [3.8, 4) is 17.0 Å². The Hall–Kier alpha value is -3.06. The maximum absolute atomic E-state index is 12.6. The number of fused-ring (bicyclic) bond motifs is 1. The van der Waals surface area contributed by atoms with E-state index in [0.29, 0.717) is 17.0 Å². The maximum atomic E-state index is 12.6. The molecule has 0 bridgehead atoms. The second kappa shape index (κ2) is 7.28. The van der Waals surface area contributed by atoms with Crippen LogP contribution in [0.3, 0.4) is 0 Å². The Morgan fingerprint density at radius 1 is 1.26 bits per heavy atom. The van der Waals surface area contributed by atoms with Crippen molar-refractivity contribution in [2.75, 3.05) is 17.7 Å². The lowest BCUT2D eigenvalue weighted by molar-refractivity contribution is -0.118. The summed E-state index contributed by atoms with van der Waals surface area (Å²) >= 11 is 1.39. The molecule has 4 rings (SSSR count). The molecule has 0 unspecified atom stereocenters. The van der Waals surface area contributed by atoms with Gasteiger partial charge in [-0.1, -0.05) is 42.1 Å². The number of ketones is 1. The van der Waals surface area contributed by atoms with E-state index in [1.54, 1.807) is 18.2 Å². The summed E-state index contributed by atoms with van der Waals surface area (Å²) in [7, 11) is 1.94. The first-order valence-corrected chi connectivity index (χ1v) is 9.40. The first kappa shape index (κ1) is 17.4. The zero-order chi connectivity index (χ0) is 18.8. The number of rotatable bonds is 5. The van der Waals surface area contributed by atoms with Crippen LogP contribution in [0.4, 0.5) is 5.69 Å². The van der Waals surface area contributed by atoms with Gasteiger partial charge in [-0.05, 0) is 23.8 Å². The van der Waals surface area contributed by atoms with Crippen LogP contribution in [-0.4, -0.2) is 33.6 Å². The van der Waals surface area contributed by atoms with E-state index in [-0.39, 0.29) is 24.1 Å². The summed E-state index contributed by atoms with van der Waals surface area (Å²) in [5, 5.41) is 3.49. The lowest BCUT2D eigenvalue weighted by atomic mass is 10.1. The monoisotopic (exact) mass is 379 g/mol. The number of imidazole rings is 1. The fourth-order valence-electron chi connectivity index (χ4n) is 2.87. The second-order valence-electron chi connectivity index (χ2n) is 6.11. The number of amides is 1. The van der Waals surface area contributed by atoms with Gasteiger partial charge >= 0.3 is 0 Å². The van der Waals surface area contributed by atoms with Crippen molar-refractivity contribution in [1.82, 2.24) is 9.55 Å². The third-order valence-corrected chi connectivity index (χ3v) is 5.33. The quantitative estimate of drug-likeness (QED) is 0.543. The van der Waals surface area contributed by atoms with E-state index in [0.717, 1.165) is 16.4 Å². The molecule has 6 nitrogen and oxygen atoms in total. The van der Waals surface area contributed by atoms with Crippen LogP contribution in [0.5, 0.6) is 5.75 Å². The first-order valence-electron chi connectivity index (χ1n) is 8.41. The molecule has 27 heavy (non-hydrogen) atoms. The van der Waals surface area contributed by atoms with E-state index in [9.17, 15) is 9.59 Å². The first-order chi connectivity index (χ1) is 13.1. The van der Waals surface area contributed by atoms with E-state index < -0.39 is 0 Å². The molecule has 7 heteroatoms. The Labute approximate surface area is 160 Å². The molecule has 0 spiro atoms. The lowest BCUT2D eigenvalue weighted by Gasteiger charge is -2.18. The number of nitrogens with zero attached hydrogens (tertiary/aromatic N) is 2. The number of hydrogen-bond donors (Lipinski definition) is 1. The van der Waals surface area contributed by atoms with Gasteiger partial charge in [0.1, 0.15) is 5.75 Å². The number of carbonyl (C=O) groups is 2. The van der Waals surface area contributed by atoms with E-state index in [1.165, 1.54) is 11.8 Å². The Morgan fingerprint density at radius 2 is 2.07 bits per heavy atom. The van der Waals surface area contributed by atoms with Gasteiger partial charge in [-0.25, -0.2) is 4.98 Å². The van der Waals surface area contributed by atoms with Crippen molar-refractivity contribution in [3.05, 3.63) is 60.3 Å². The second-order valence-corrected chi connectivity index (χ2v) is 7.05. The Kier molecular flexibility index (Phi) is 4.68. The normalized spacial score (nSPS) is 12.9. The van der Waals surface area contributed by atoms with Gasteiger partial charge in [-0.15, -0.1) is 0 Å². The van der Waals surface area contributed by atoms with Gasteiger partial charge < -0.3 is 14.6 Å². The SMILES string of the molecule is Cn1c(-c2ccccc2)cnc1SCC(=O)c1ccc2c(c1)NC(=O)CO2. The molecule has 1 aliphatic heterocycles. The number of anilines is 1. The van der Waals surface area contributed by atoms with Crippen LogP contribution in [0.25, 0.3) is 11.3 Å². The average Bonchev–Trinajstić information content (AvgIpc) is 3.06.